The van der Waals surface area contributed by atoms with Crippen LogP contribution in [0.5, 0.6) is 0 Å². The highest BCUT2D eigenvalue weighted by molar-refractivity contribution is 6.30. The Morgan fingerprint density at radius 2 is 1.54 bits per heavy atom. The molecule has 1 heterocycles. The minimum Gasteiger partial charge on any atom is -0.503 e. The van der Waals surface area contributed by atoms with Gasteiger partial charge in [-0.2, -0.15) is 0 Å². The monoisotopic (exact) mass is 393 g/mol. The lowest BCUT2D eigenvalue weighted by atomic mass is 9.93. The van der Waals surface area contributed by atoms with Crippen LogP contribution in [-0.2, 0) is 4.79 Å². The number of halogens is 2. The Morgan fingerprint density at radius 3 is 2.14 bits per heavy atom. The van der Waals surface area contributed by atoms with Crippen LogP contribution >= 0.6 is 11.6 Å². The van der Waals surface area contributed by atoms with Gasteiger partial charge in [-0.1, -0.05) is 53.6 Å². The molecule has 1 N–H and O–H groups in total. The molecule has 3 nitrogen and oxygen atoms in total. The second-order valence-corrected chi connectivity index (χ2v) is 7.17. The highest BCUT2D eigenvalue weighted by Crippen LogP contribution is 2.45. The largest absolute Gasteiger partial charge is 0.503 e. The van der Waals surface area contributed by atoms with Crippen molar-refractivity contribution >= 4 is 28.8 Å². The highest BCUT2D eigenvalue weighted by Gasteiger charge is 2.41. The van der Waals surface area contributed by atoms with Crippen molar-refractivity contribution in [2.24, 2.45) is 0 Å². The van der Waals surface area contributed by atoms with Crippen LogP contribution in [0.4, 0.5) is 10.1 Å². The van der Waals surface area contributed by atoms with E-state index in [1.807, 2.05) is 43.3 Å². The first-order valence-corrected chi connectivity index (χ1v) is 9.18. The third-order valence-electron chi connectivity index (χ3n) is 4.86. The number of benzene rings is 3. The van der Waals surface area contributed by atoms with Crippen molar-refractivity contribution in [2.75, 3.05) is 4.90 Å². The molecule has 0 aliphatic carbocycles. The van der Waals surface area contributed by atoms with Gasteiger partial charge < -0.3 is 5.11 Å². The molecule has 0 saturated heterocycles. The van der Waals surface area contributed by atoms with Gasteiger partial charge in [0.25, 0.3) is 5.91 Å². The van der Waals surface area contributed by atoms with Crippen LogP contribution in [0.15, 0.2) is 78.6 Å². The van der Waals surface area contributed by atoms with E-state index in [9.17, 15) is 14.3 Å². The second kappa shape index (κ2) is 7.13. The maximum Gasteiger partial charge on any atom is 0.294 e. The first-order valence-electron chi connectivity index (χ1n) is 8.80. The summed E-state index contributed by atoms with van der Waals surface area (Å²) in [5.74, 6) is -1.23. The molecular weight excluding hydrogens is 377 g/mol. The van der Waals surface area contributed by atoms with E-state index >= 15 is 0 Å². The molecule has 3 aromatic carbocycles. The van der Waals surface area contributed by atoms with Crippen molar-refractivity contribution in [2.45, 2.75) is 13.0 Å². The molecule has 0 radical (unpaired) electrons. The molecule has 3 aromatic rings. The molecule has 0 aromatic heterocycles. The van der Waals surface area contributed by atoms with Crippen LogP contribution in [0.25, 0.3) is 5.57 Å². The van der Waals surface area contributed by atoms with E-state index in [1.165, 1.54) is 29.2 Å². The van der Waals surface area contributed by atoms with Crippen LogP contribution in [0.1, 0.15) is 22.7 Å². The van der Waals surface area contributed by atoms with E-state index in [4.69, 9.17) is 11.6 Å². The summed E-state index contributed by atoms with van der Waals surface area (Å²) in [7, 11) is 0. The molecule has 1 aliphatic heterocycles. The van der Waals surface area contributed by atoms with Gasteiger partial charge in [-0.25, -0.2) is 4.39 Å². The first-order chi connectivity index (χ1) is 13.5. The van der Waals surface area contributed by atoms with Crippen molar-refractivity contribution in [3.63, 3.8) is 0 Å². The summed E-state index contributed by atoms with van der Waals surface area (Å²) in [4.78, 5) is 14.5. The lowest BCUT2D eigenvalue weighted by Crippen LogP contribution is -2.30. The summed E-state index contributed by atoms with van der Waals surface area (Å²) in [6.45, 7) is 1.97. The smallest absolute Gasteiger partial charge is 0.294 e. The number of aliphatic hydroxyl groups excluding tert-OH is 1. The fraction of sp³-hybridized carbons (Fsp3) is 0.0870. The Balaban J connectivity index is 1.90. The van der Waals surface area contributed by atoms with Crippen LogP contribution in [0, 0.1) is 12.7 Å². The standard InChI is InChI=1S/C23H17ClFNO2/c1-14-2-4-15(5-3-14)20-21(16-6-8-17(24)9-7-16)26(23(28)22(20)27)19-12-10-18(25)11-13-19/h2-13,21,27H,1H3/t21-/m1/s1. The van der Waals surface area contributed by atoms with Crippen molar-refractivity contribution in [1.82, 2.24) is 0 Å². The molecule has 0 saturated carbocycles. The van der Waals surface area contributed by atoms with Gasteiger partial charge in [0.05, 0.1) is 6.04 Å². The SMILES string of the molecule is Cc1ccc(C2=C(O)C(=O)N(c3ccc(F)cc3)[C@@H]2c2ccc(Cl)cc2)cc1. The Labute approximate surface area is 167 Å². The molecule has 0 fully saturated rings. The van der Waals surface area contributed by atoms with Gasteiger partial charge in [-0.3, -0.25) is 9.69 Å². The lowest BCUT2D eigenvalue weighted by Gasteiger charge is -2.27. The third-order valence-corrected chi connectivity index (χ3v) is 5.11. The number of nitrogens with zero attached hydrogens (tertiary/aromatic N) is 1. The Morgan fingerprint density at radius 1 is 0.929 bits per heavy atom. The fourth-order valence-corrected chi connectivity index (χ4v) is 3.59. The summed E-state index contributed by atoms with van der Waals surface area (Å²) in [6.07, 6.45) is 0. The fourth-order valence-electron chi connectivity index (χ4n) is 3.46. The van der Waals surface area contributed by atoms with Gasteiger partial charge in [0.1, 0.15) is 5.82 Å². The predicted molar refractivity (Wildman–Crippen MR) is 109 cm³/mol. The maximum atomic E-state index is 13.4. The molecular formula is C23H17ClFNO2. The summed E-state index contributed by atoms with van der Waals surface area (Å²) in [5.41, 5.74) is 3.63. The Hall–Kier alpha value is -3.11. The zero-order valence-corrected chi connectivity index (χ0v) is 15.8. The number of hydrogen-bond acceptors (Lipinski definition) is 2. The molecule has 140 valence electrons. The van der Waals surface area contributed by atoms with Crippen LogP contribution in [-0.4, -0.2) is 11.0 Å². The molecule has 4 rings (SSSR count). The van der Waals surface area contributed by atoms with E-state index in [0.717, 1.165) is 16.7 Å². The number of hydrogen-bond donors (Lipinski definition) is 1. The Kier molecular flexibility index (Phi) is 4.65. The summed E-state index contributed by atoms with van der Waals surface area (Å²) >= 11 is 6.03. The summed E-state index contributed by atoms with van der Waals surface area (Å²) < 4.78 is 13.4. The molecule has 1 aliphatic rings. The number of amides is 1. The highest BCUT2D eigenvalue weighted by atomic mass is 35.5. The van der Waals surface area contributed by atoms with Crippen molar-refractivity contribution in [3.05, 3.63) is 106 Å². The number of rotatable bonds is 3. The van der Waals surface area contributed by atoms with E-state index in [0.29, 0.717) is 16.3 Å². The van der Waals surface area contributed by atoms with Gasteiger partial charge in [-0.15, -0.1) is 0 Å². The van der Waals surface area contributed by atoms with Gasteiger partial charge in [0, 0.05) is 16.3 Å². The third kappa shape index (κ3) is 3.16. The number of aliphatic hydroxyl groups is 1. The van der Waals surface area contributed by atoms with Crippen LogP contribution < -0.4 is 4.90 Å². The second-order valence-electron chi connectivity index (χ2n) is 6.73. The molecule has 28 heavy (non-hydrogen) atoms. The van der Waals surface area contributed by atoms with E-state index < -0.39 is 17.8 Å². The number of carbonyl (C=O) groups is 1. The average Bonchev–Trinajstić information content (AvgIpc) is 2.95. The van der Waals surface area contributed by atoms with E-state index in [1.54, 1.807) is 12.1 Å². The lowest BCUT2D eigenvalue weighted by molar-refractivity contribution is -0.117. The zero-order valence-electron chi connectivity index (χ0n) is 15.1. The quantitative estimate of drug-likeness (QED) is 0.606. The summed E-state index contributed by atoms with van der Waals surface area (Å²) in [6, 6.07) is 19.8. The minimum absolute atomic E-state index is 0.312. The first kappa shape index (κ1) is 18.3. The van der Waals surface area contributed by atoms with Gasteiger partial charge in [-0.05, 0) is 54.4 Å². The van der Waals surface area contributed by atoms with Gasteiger partial charge >= 0.3 is 0 Å². The average molecular weight is 394 g/mol. The van der Waals surface area contributed by atoms with Gasteiger partial charge in [0.2, 0.25) is 0 Å². The number of anilines is 1. The van der Waals surface area contributed by atoms with Crippen molar-refractivity contribution in [1.29, 1.82) is 0 Å². The predicted octanol–water partition coefficient (Wildman–Crippen LogP) is 5.84. The van der Waals surface area contributed by atoms with Crippen molar-refractivity contribution < 1.29 is 14.3 Å². The molecule has 0 spiro atoms. The molecule has 1 atom stereocenters. The number of aryl methyl sites for hydroxylation is 1. The number of carbonyl (C=O) groups excluding carboxylic acids is 1. The molecule has 0 unspecified atom stereocenters. The van der Waals surface area contributed by atoms with Crippen LogP contribution in [0.3, 0.4) is 0 Å². The van der Waals surface area contributed by atoms with E-state index in [2.05, 4.69) is 0 Å². The maximum absolute atomic E-state index is 13.4. The van der Waals surface area contributed by atoms with Gasteiger partial charge in [0.15, 0.2) is 5.76 Å². The summed E-state index contributed by atoms with van der Waals surface area (Å²) in [5, 5.41) is 11.3. The van der Waals surface area contributed by atoms with Crippen LogP contribution in [0.2, 0.25) is 5.02 Å². The Bertz CT molecular complexity index is 1060. The normalized spacial score (nSPS) is 16.8. The molecule has 0 bridgehead atoms. The molecule has 5 heteroatoms. The zero-order chi connectivity index (χ0) is 19.8. The van der Waals surface area contributed by atoms with Crippen molar-refractivity contribution in [3.8, 4) is 0 Å². The minimum atomic E-state index is -0.557. The molecule has 1 amide bonds. The van der Waals surface area contributed by atoms with E-state index in [-0.39, 0.29) is 5.76 Å². The topological polar surface area (TPSA) is 40.5 Å².